The van der Waals surface area contributed by atoms with Gasteiger partial charge in [-0.25, -0.2) is 0 Å². The molecule has 3 atom stereocenters. The van der Waals surface area contributed by atoms with E-state index in [9.17, 15) is 10.1 Å². The molecule has 0 radical (unpaired) electrons. The van der Waals surface area contributed by atoms with Crippen LogP contribution in [0.25, 0.3) is 10.9 Å². The van der Waals surface area contributed by atoms with Crippen LogP contribution >= 0.6 is 23.1 Å². The lowest BCUT2D eigenvalue weighted by atomic mass is 9.96. The quantitative estimate of drug-likeness (QED) is 0.669. The van der Waals surface area contributed by atoms with E-state index in [0.29, 0.717) is 21.6 Å². The van der Waals surface area contributed by atoms with Crippen molar-refractivity contribution in [3.63, 3.8) is 0 Å². The molecular weight excluding hydrogens is 380 g/mol. The van der Waals surface area contributed by atoms with Crippen LogP contribution in [0.3, 0.4) is 0 Å². The zero-order valence-electron chi connectivity index (χ0n) is 14.5. The molecule has 2 aliphatic carbocycles. The topological polar surface area (TPSA) is 70.7 Å². The zero-order chi connectivity index (χ0) is 18.5. The first-order chi connectivity index (χ1) is 13.2. The predicted octanol–water partition coefficient (Wildman–Crippen LogP) is 5.09. The fourth-order valence-corrected chi connectivity index (χ4v) is 6.01. The van der Waals surface area contributed by atoms with E-state index in [1.807, 2.05) is 22.2 Å². The van der Waals surface area contributed by atoms with Gasteiger partial charge in [0.1, 0.15) is 11.1 Å². The van der Waals surface area contributed by atoms with E-state index >= 15 is 0 Å². The predicted molar refractivity (Wildman–Crippen MR) is 108 cm³/mol. The number of rotatable bonds is 3. The van der Waals surface area contributed by atoms with Gasteiger partial charge in [-0.05, 0) is 66.9 Å². The van der Waals surface area contributed by atoms with Gasteiger partial charge in [0.25, 0.3) is 5.56 Å². The maximum atomic E-state index is 12.9. The molecule has 0 aliphatic heterocycles. The molecule has 2 saturated carbocycles. The highest BCUT2D eigenvalue weighted by Crippen LogP contribution is 2.51. The van der Waals surface area contributed by atoms with Crippen LogP contribution in [0, 0.1) is 23.2 Å². The van der Waals surface area contributed by atoms with Crippen LogP contribution < -0.4 is 10.9 Å². The highest BCUT2D eigenvalue weighted by Gasteiger charge is 2.42. The molecule has 2 fully saturated rings. The van der Waals surface area contributed by atoms with Crippen LogP contribution in [0.1, 0.15) is 37.3 Å². The summed E-state index contributed by atoms with van der Waals surface area (Å²) in [5, 5.41) is 14.8. The van der Waals surface area contributed by atoms with Crippen LogP contribution in [0.15, 0.2) is 35.3 Å². The van der Waals surface area contributed by atoms with Crippen LogP contribution in [-0.4, -0.2) is 8.94 Å². The highest BCUT2D eigenvalue weighted by molar-refractivity contribution is 7.11. The average molecular weight is 397 g/mol. The van der Waals surface area contributed by atoms with E-state index in [1.165, 1.54) is 30.8 Å². The summed E-state index contributed by atoms with van der Waals surface area (Å²) in [6.45, 7) is 0. The van der Waals surface area contributed by atoms with Crippen molar-refractivity contribution in [2.24, 2.45) is 11.8 Å². The van der Waals surface area contributed by atoms with Gasteiger partial charge in [0, 0.05) is 11.6 Å². The Balaban J connectivity index is 1.59. The summed E-state index contributed by atoms with van der Waals surface area (Å²) >= 11 is 7.77. The van der Waals surface area contributed by atoms with Crippen molar-refractivity contribution in [3.05, 3.63) is 51.4 Å². The van der Waals surface area contributed by atoms with Crippen LogP contribution in [0.4, 0.5) is 10.7 Å². The maximum absolute atomic E-state index is 12.9. The molecule has 2 heterocycles. The molecule has 0 spiro atoms. The molecule has 3 aromatic rings. The maximum Gasteiger partial charge on any atom is 0.281 e. The number of nitrogens with one attached hydrogen (secondary N) is 1. The van der Waals surface area contributed by atoms with Crippen molar-refractivity contribution in [3.8, 4) is 6.07 Å². The molecule has 0 amide bonds. The van der Waals surface area contributed by atoms with Crippen LogP contribution in [0.5, 0.6) is 0 Å². The number of nitrogens with zero attached hydrogens (tertiary/aromatic N) is 3. The van der Waals surface area contributed by atoms with Crippen molar-refractivity contribution < 1.29 is 0 Å². The van der Waals surface area contributed by atoms with E-state index in [-0.39, 0.29) is 17.2 Å². The Kier molecular flexibility index (Phi) is 3.96. The monoisotopic (exact) mass is 396 g/mol. The third-order valence-electron chi connectivity index (χ3n) is 5.92. The lowest BCUT2D eigenvalue weighted by Crippen LogP contribution is -2.24. The average Bonchev–Trinajstić information content (AvgIpc) is 3.38. The SMILES string of the molecule is N#Cc1c(Nc2c(Cl)ccc3ncccc23)sn(C2CC3CCC2C3)c1=O. The van der Waals surface area contributed by atoms with E-state index < -0.39 is 0 Å². The molecule has 136 valence electrons. The molecule has 0 saturated heterocycles. The molecule has 5 rings (SSSR count). The second-order valence-corrected chi connectivity index (χ2v) is 8.79. The van der Waals surface area contributed by atoms with E-state index in [1.54, 1.807) is 12.3 Å². The number of fused-ring (bicyclic) bond motifs is 3. The number of anilines is 2. The summed E-state index contributed by atoms with van der Waals surface area (Å²) in [5.74, 6) is 1.30. The number of benzene rings is 1. The van der Waals surface area contributed by atoms with Gasteiger partial charge in [-0.1, -0.05) is 18.0 Å². The number of nitriles is 1. The summed E-state index contributed by atoms with van der Waals surface area (Å²) in [5.41, 5.74) is 1.47. The van der Waals surface area contributed by atoms with Gasteiger partial charge in [-0.15, -0.1) is 0 Å². The van der Waals surface area contributed by atoms with Gasteiger partial charge >= 0.3 is 0 Å². The lowest BCUT2D eigenvalue weighted by molar-refractivity contribution is 0.341. The minimum atomic E-state index is -0.183. The van der Waals surface area contributed by atoms with Crippen LogP contribution in [0.2, 0.25) is 5.02 Å². The Labute approximate surface area is 165 Å². The Bertz CT molecular complexity index is 1150. The molecule has 2 aromatic heterocycles. The summed E-state index contributed by atoms with van der Waals surface area (Å²) in [4.78, 5) is 17.2. The molecule has 5 nitrogen and oxygen atoms in total. The minimum Gasteiger partial charge on any atom is -0.343 e. The van der Waals surface area contributed by atoms with Crippen molar-refractivity contribution in [1.82, 2.24) is 8.94 Å². The summed E-state index contributed by atoms with van der Waals surface area (Å²) in [7, 11) is 0. The fraction of sp³-hybridized carbons (Fsp3) is 0.350. The fourth-order valence-electron chi connectivity index (χ4n) is 4.66. The van der Waals surface area contributed by atoms with Crippen molar-refractivity contribution in [1.29, 1.82) is 5.26 Å². The van der Waals surface area contributed by atoms with Crippen molar-refractivity contribution in [2.45, 2.75) is 31.7 Å². The molecule has 3 unspecified atom stereocenters. The number of aromatic nitrogens is 2. The first-order valence-electron chi connectivity index (χ1n) is 9.12. The minimum absolute atomic E-state index is 0.166. The standard InChI is InChI=1S/C20H17ClN4OS/c21-15-5-6-16-13(2-1-7-23-16)18(15)24-19-14(10-22)20(26)25(27-19)17-9-11-3-4-12(17)8-11/h1-2,5-7,11-12,17,24H,3-4,8-9H2. The highest BCUT2D eigenvalue weighted by atomic mass is 35.5. The van der Waals surface area contributed by atoms with Crippen molar-refractivity contribution in [2.75, 3.05) is 5.32 Å². The van der Waals surface area contributed by atoms with Gasteiger partial charge in [-0.3, -0.25) is 13.7 Å². The smallest absolute Gasteiger partial charge is 0.281 e. The molecule has 7 heteroatoms. The molecule has 2 aliphatic rings. The van der Waals surface area contributed by atoms with E-state index in [2.05, 4.69) is 16.4 Å². The second-order valence-electron chi connectivity index (χ2n) is 7.40. The molecule has 1 aromatic carbocycles. The Morgan fingerprint density at radius 2 is 2.19 bits per heavy atom. The third kappa shape index (κ3) is 2.65. The van der Waals surface area contributed by atoms with Crippen LogP contribution in [-0.2, 0) is 0 Å². The van der Waals surface area contributed by atoms with Gasteiger partial charge in [-0.2, -0.15) is 5.26 Å². The van der Waals surface area contributed by atoms with E-state index in [0.717, 1.165) is 23.2 Å². The van der Waals surface area contributed by atoms with Gasteiger partial charge in [0.15, 0.2) is 5.56 Å². The lowest BCUT2D eigenvalue weighted by Gasteiger charge is -2.21. The van der Waals surface area contributed by atoms with Crippen molar-refractivity contribution >= 4 is 44.7 Å². The Hall–Kier alpha value is -2.36. The Morgan fingerprint density at radius 1 is 1.30 bits per heavy atom. The van der Waals surface area contributed by atoms with Gasteiger partial charge in [0.05, 0.1) is 22.3 Å². The second kappa shape index (κ2) is 6.36. The summed E-state index contributed by atoms with van der Waals surface area (Å²) in [6, 6.07) is 9.74. The summed E-state index contributed by atoms with van der Waals surface area (Å²) < 4.78 is 1.82. The third-order valence-corrected chi connectivity index (χ3v) is 7.35. The van der Waals surface area contributed by atoms with E-state index in [4.69, 9.17) is 11.6 Å². The molecule has 27 heavy (non-hydrogen) atoms. The first-order valence-corrected chi connectivity index (χ1v) is 10.3. The number of hydrogen-bond acceptors (Lipinski definition) is 5. The number of hydrogen-bond donors (Lipinski definition) is 1. The van der Waals surface area contributed by atoms with Gasteiger partial charge < -0.3 is 5.32 Å². The zero-order valence-corrected chi connectivity index (χ0v) is 16.1. The largest absolute Gasteiger partial charge is 0.343 e. The Morgan fingerprint density at radius 3 is 2.93 bits per heavy atom. The molecular formula is C20H17ClN4OS. The number of pyridine rings is 1. The summed E-state index contributed by atoms with van der Waals surface area (Å²) in [6.07, 6.45) is 6.45. The van der Waals surface area contributed by atoms with Gasteiger partial charge in [0.2, 0.25) is 0 Å². The first kappa shape index (κ1) is 16.8. The molecule has 2 bridgehead atoms. The number of halogens is 1. The normalized spacial score (nSPS) is 23.6. The molecule has 1 N–H and O–H groups in total.